The number of amides is 1. The predicted octanol–water partition coefficient (Wildman–Crippen LogP) is 3.08. The maximum absolute atomic E-state index is 11.7. The number of fused-ring (bicyclic) bond motifs is 1. The minimum absolute atomic E-state index is 0.0319. The summed E-state index contributed by atoms with van der Waals surface area (Å²) >= 11 is 1.24. The molecule has 0 aliphatic heterocycles. The second kappa shape index (κ2) is 6.87. The smallest absolute Gasteiger partial charge is 0.277 e. The molecule has 1 amide bonds. The third kappa shape index (κ3) is 3.73. The molecule has 2 N–H and O–H groups in total. The van der Waals surface area contributed by atoms with Gasteiger partial charge in [0, 0.05) is 23.6 Å². The lowest BCUT2D eigenvalue weighted by Crippen LogP contribution is -2.28. The van der Waals surface area contributed by atoms with Gasteiger partial charge in [-0.15, -0.1) is 10.2 Å². The summed E-state index contributed by atoms with van der Waals surface area (Å²) in [6, 6.07) is 7.92. The fourth-order valence-corrected chi connectivity index (χ4v) is 2.71. The van der Waals surface area contributed by atoms with Crippen molar-refractivity contribution in [1.82, 2.24) is 20.5 Å². The van der Waals surface area contributed by atoms with E-state index in [2.05, 4.69) is 34.3 Å². The highest BCUT2D eigenvalue weighted by Crippen LogP contribution is 2.29. The number of thioether (sulfide) groups is 1. The van der Waals surface area contributed by atoms with Crippen molar-refractivity contribution in [3.05, 3.63) is 30.5 Å². The van der Waals surface area contributed by atoms with Crippen molar-refractivity contribution in [2.75, 3.05) is 12.3 Å². The quantitative estimate of drug-likeness (QED) is 0.679. The molecule has 7 heteroatoms. The number of nitrogens with one attached hydrogen (secondary N) is 2. The highest BCUT2D eigenvalue weighted by atomic mass is 32.2. The van der Waals surface area contributed by atoms with Gasteiger partial charge in [-0.2, -0.15) is 0 Å². The second-order valence-electron chi connectivity index (χ2n) is 5.61. The first-order chi connectivity index (χ1) is 11.1. The van der Waals surface area contributed by atoms with Crippen molar-refractivity contribution in [2.24, 2.45) is 5.92 Å². The Morgan fingerprint density at radius 2 is 2.17 bits per heavy atom. The van der Waals surface area contributed by atoms with Gasteiger partial charge in [0.2, 0.25) is 5.91 Å². The van der Waals surface area contributed by atoms with Crippen LogP contribution in [0.2, 0.25) is 0 Å². The fraction of sp³-hybridized carbons (Fsp3) is 0.312. The lowest BCUT2D eigenvalue weighted by Gasteiger charge is -2.05. The van der Waals surface area contributed by atoms with E-state index < -0.39 is 0 Å². The number of carbonyl (C=O) groups is 1. The van der Waals surface area contributed by atoms with Crippen LogP contribution in [0, 0.1) is 5.92 Å². The van der Waals surface area contributed by atoms with Gasteiger partial charge in [-0.1, -0.05) is 43.8 Å². The standard InChI is InChI=1S/C16H18N4O2S/c1-10(2)7-18-14(21)9-23-16-20-19-15(22-16)12-8-17-13-6-4-3-5-11(12)13/h3-6,8,10,17H,7,9H2,1-2H3,(H,18,21). The Labute approximate surface area is 138 Å². The molecule has 0 aliphatic rings. The molecule has 3 aromatic rings. The second-order valence-corrected chi connectivity index (χ2v) is 6.53. The van der Waals surface area contributed by atoms with Gasteiger partial charge in [0.25, 0.3) is 11.1 Å². The average molecular weight is 330 g/mol. The highest BCUT2D eigenvalue weighted by Gasteiger charge is 2.14. The van der Waals surface area contributed by atoms with Gasteiger partial charge in [0.05, 0.1) is 11.3 Å². The Kier molecular flexibility index (Phi) is 4.66. The molecular weight excluding hydrogens is 312 g/mol. The minimum Gasteiger partial charge on any atom is -0.411 e. The van der Waals surface area contributed by atoms with Crippen LogP contribution in [0.4, 0.5) is 0 Å². The van der Waals surface area contributed by atoms with Gasteiger partial charge in [-0.3, -0.25) is 4.79 Å². The minimum atomic E-state index is -0.0319. The van der Waals surface area contributed by atoms with Crippen LogP contribution in [0.25, 0.3) is 22.4 Å². The molecular formula is C16H18N4O2S. The Hall–Kier alpha value is -2.28. The van der Waals surface area contributed by atoms with Crippen molar-refractivity contribution in [2.45, 2.75) is 19.1 Å². The van der Waals surface area contributed by atoms with Gasteiger partial charge in [0.1, 0.15) is 0 Å². The third-order valence-electron chi connectivity index (χ3n) is 3.26. The number of benzene rings is 1. The maximum atomic E-state index is 11.7. The van der Waals surface area contributed by atoms with Crippen molar-refractivity contribution in [1.29, 1.82) is 0 Å². The molecule has 3 rings (SSSR count). The molecule has 0 fully saturated rings. The largest absolute Gasteiger partial charge is 0.411 e. The summed E-state index contributed by atoms with van der Waals surface area (Å²) in [6.45, 7) is 4.78. The van der Waals surface area contributed by atoms with Crippen LogP contribution in [-0.2, 0) is 4.79 Å². The molecule has 0 bridgehead atoms. The highest BCUT2D eigenvalue weighted by molar-refractivity contribution is 7.99. The molecule has 0 atom stereocenters. The monoisotopic (exact) mass is 330 g/mol. The summed E-state index contributed by atoms with van der Waals surface area (Å²) in [6.07, 6.45) is 1.85. The molecule has 23 heavy (non-hydrogen) atoms. The van der Waals surface area contributed by atoms with E-state index in [1.807, 2.05) is 30.5 Å². The van der Waals surface area contributed by atoms with Crippen LogP contribution < -0.4 is 5.32 Å². The number of aromatic amines is 1. The number of para-hydroxylation sites is 1. The molecule has 0 radical (unpaired) electrons. The van der Waals surface area contributed by atoms with Crippen LogP contribution in [0.15, 0.2) is 40.1 Å². The zero-order valence-electron chi connectivity index (χ0n) is 13.0. The van der Waals surface area contributed by atoms with Crippen molar-refractivity contribution < 1.29 is 9.21 Å². The first kappa shape index (κ1) is 15.6. The van der Waals surface area contributed by atoms with Crippen LogP contribution in [0.1, 0.15) is 13.8 Å². The molecule has 120 valence electrons. The lowest BCUT2D eigenvalue weighted by atomic mass is 10.2. The fourth-order valence-electron chi connectivity index (χ4n) is 2.12. The topological polar surface area (TPSA) is 83.8 Å². The van der Waals surface area contributed by atoms with Gasteiger partial charge in [-0.05, 0) is 12.0 Å². The van der Waals surface area contributed by atoms with E-state index in [4.69, 9.17) is 4.42 Å². The van der Waals surface area contributed by atoms with Gasteiger partial charge < -0.3 is 14.7 Å². The number of carbonyl (C=O) groups excluding carboxylic acids is 1. The summed E-state index contributed by atoms with van der Waals surface area (Å²) in [5.74, 6) is 1.12. The molecule has 2 heterocycles. The maximum Gasteiger partial charge on any atom is 0.277 e. The SMILES string of the molecule is CC(C)CNC(=O)CSc1nnc(-c2c[nH]c3ccccc23)o1. The third-order valence-corrected chi connectivity index (χ3v) is 4.08. The molecule has 0 aliphatic carbocycles. The zero-order valence-corrected chi connectivity index (χ0v) is 13.8. The average Bonchev–Trinajstić information content (AvgIpc) is 3.17. The van der Waals surface area contributed by atoms with Gasteiger partial charge in [0.15, 0.2) is 0 Å². The predicted molar refractivity (Wildman–Crippen MR) is 90.2 cm³/mol. The van der Waals surface area contributed by atoms with E-state index >= 15 is 0 Å². The Morgan fingerprint density at radius 1 is 1.35 bits per heavy atom. The van der Waals surface area contributed by atoms with E-state index in [0.29, 0.717) is 23.6 Å². The number of hydrogen-bond acceptors (Lipinski definition) is 5. The first-order valence-corrected chi connectivity index (χ1v) is 8.41. The molecule has 6 nitrogen and oxygen atoms in total. The molecule has 0 unspecified atom stereocenters. The summed E-state index contributed by atoms with van der Waals surface area (Å²) in [7, 11) is 0. The number of hydrogen-bond donors (Lipinski definition) is 2. The normalized spacial score (nSPS) is 11.3. The van der Waals surface area contributed by atoms with Crippen LogP contribution in [-0.4, -0.2) is 33.4 Å². The number of nitrogens with zero attached hydrogens (tertiary/aromatic N) is 2. The van der Waals surface area contributed by atoms with Gasteiger partial charge >= 0.3 is 0 Å². The van der Waals surface area contributed by atoms with E-state index in [0.717, 1.165) is 16.5 Å². The first-order valence-electron chi connectivity index (χ1n) is 7.43. The van der Waals surface area contributed by atoms with Crippen LogP contribution >= 0.6 is 11.8 Å². The van der Waals surface area contributed by atoms with Crippen molar-refractivity contribution in [3.63, 3.8) is 0 Å². The van der Waals surface area contributed by atoms with Crippen molar-refractivity contribution in [3.8, 4) is 11.5 Å². The molecule has 2 aromatic heterocycles. The number of aromatic nitrogens is 3. The molecule has 0 spiro atoms. The lowest BCUT2D eigenvalue weighted by molar-refractivity contribution is -0.118. The Morgan fingerprint density at radius 3 is 3.00 bits per heavy atom. The summed E-state index contributed by atoms with van der Waals surface area (Å²) < 4.78 is 5.65. The van der Waals surface area contributed by atoms with Crippen LogP contribution in [0.5, 0.6) is 0 Å². The Bertz CT molecular complexity index is 809. The molecule has 0 saturated carbocycles. The summed E-state index contributed by atoms with van der Waals surface area (Å²) in [5.41, 5.74) is 1.88. The van der Waals surface area contributed by atoms with E-state index in [9.17, 15) is 4.79 Å². The number of H-pyrrole nitrogens is 1. The number of rotatable bonds is 6. The summed E-state index contributed by atoms with van der Waals surface area (Å²) in [5, 5.41) is 12.4. The molecule has 0 saturated heterocycles. The van der Waals surface area contributed by atoms with Crippen molar-refractivity contribution >= 4 is 28.6 Å². The molecule has 1 aromatic carbocycles. The van der Waals surface area contributed by atoms with E-state index in [1.54, 1.807) is 0 Å². The Balaban J connectivity index is 1.65. The van der Waals surface area contributed by atoms with E-state index in [-0.39, 0.29) is 11.7 Å². The summed E-state index contributed by atoms with van der Waals surface area (Å²) in [4.78, 5) is 14.9. The van der Waals surface area contributed by atoms with Gasteiger partial charge in [-0.25, -0.2) is 0 Å². The zero-order chi connectivity index (χ0) is 16.2. The van der Waals surface area contributed by atoms with Crippen LogP contribution in [0.3, 0.4) is 0 Å². The van der Waals surface area contributed by atoms with E-state index in [1.165, 1.54) is 11.8 Å².